The van der Waals surface area contributed by atoms with Gasteiger partial charge in [0, 0.05) is 26.2 Å². The normalized spacial score (nSPS) is 16.9. The van der Waals surface area contributed by atoms with Crippen LogP contribution < -0.4 is 16.0 Å². The van der Waals surface area contributed by atoms with E-state index in [0.29, 0.717) is 5.95 Å². The van der Waals surface area contributed by atoms with E-state index in [1.165, 1.54) is 5.69 Å². The number of fused-ring (bicyclic) bond motifs is 1. The number of nitrogen functional groups attached to an aromatic ring is 1. The Kier molecular flexibility index (Phi) is 2.14. The van der Waals surface area contributed by atoms with Crippen LogP contribution in [-0.2, 0) is 0 Å². The first-order chi connectivity index (χ1) is 7.83. The highest BCUT2D eigenvalue weighted by Crippen LogP contribution is 2.15. The standard InChI is InChI=1S/C10H14N6/c11-10-13-9-2-1-8(7-16(9)14-10)15-5-3-12-4-6-15/h1-2,7,12H,3-6H2,(H2,11,14). The van der Waals surface area contributed by atoms with E-state index in [-0.39, 0.29) is 0 Å². The zero-order chi connectivity index (χ0) is 11.0. The van der Waals surface area contributed by atoms with Crippen LogP contribution in [0.4, 0.5) is 11.6 Å². The molecule has 16 heavy (non-hydrogen) atoms. The van der Waals surface area contributed by atoms with Crippen molar-refractivity contribution in [1.82, 2.24) is 19.9 Å². The summed E-state index contributed by atoms with van der Waals surface area (Å²) in [6.07, 6.45) is 1.98. The molecule has 0 atom stereocenters. The maximum atomic E-state index is 5.55. The van der Waals surface area contributed by atoms with Gasteiger partial charge in [-0.3, -0.25) is 0 Å². The first-order valence-electron chi connectivity index (χ1n) is 5.40. The Morgan fingerprint density at radius 1 is 1.25 bits per heavy atom. The second kappa shape index (κ2) is 3.64. The third-order valence-electron chi connectivity index (χ3n) is 2.81. The molecule has 2 aromatic heterocycles. The molecule has 0 saturated carbocycles. The molecule has 0 bridgehead atoms. The first kappa shape index (κ1) is 9.41. The van der Waals surface area contributed by atoms with E-state index in [0.717, 1.165) is 31.8 Å². The van der Waals surface area contributed by atoms with Crippen LogP contribution in [0.3, 0.4) is 0 Å². The fourth-order valence-electron chi connectivity index (χ4n) is 2.00. The van der Waals surface area contributed by atoms with Gasteiger partial charge in [-0.25, -0.2) is 4.52 Å². The van der Waals surface area contributed by atoms with Crippen molar-refractivity contribution in [3.63, 3.8) is 0 Å². The summed E-state index contributed by atoms with van der Waals surface area (Å²) in [6, 6.07) is 4.01. The Hall–Kier alpha value is -1.82. The molecule has 1 saturated heterocycles. The highest BCUT2D eigenvalue weighted by atomic mass is 15.3. The topological polar surface area (TPSA) is 71.5 Å². The Bertz CT molecular complexity index is 499. The average molecular weight is 218 g/mol. The van der Waals surface area contributed by atoms with Crippen molar-refractivity contribution in [2.24, 2.45) is 0 Å². The number of aromatic nitrogens is 3. The van der Waals surface area contributed by atoms with Gasteiger partial charge in [0.1, 0.15) is 0 Å². The van der Waals surface area contributed by atoms with Crippen LogP contribution in [0.1, 0.15) is 0 Å². The number of rotatable bonds is 1. The molecule has 3 rings (SSSR count). The van der Waals surface area contributed by atoms with E-state index in [2.05, 4.69) is 26.4 Å². The minimum absolute atomic E-state index is 0.317. The zero-order valence-corrected chi connectivity index (χ0v) is 8.93. The van der Waals surface area contributed by atoms with E-state index in [4.69, 9.17) is 5.73 Å². The van der Waals surface area contributed by atoms with Crippen molar-refractivity contribution < 1.29 is 0 Å². The molecule has 0 unspecified atom stereocenters. The summed E-state index contributed by atoms with van der Waals surface area (Å²) in [5, 5.41) is 7.44. The number of piperazine rings is 1. The molecule has 2 aromatic rings. The van der Waals surface area contributed by atoms with Gasteiger partial charge in [0.25, 0.3) is 0 Å². The van der Waals surface area contributed by atoms with Crippen LogP contribution >= 0.6 is 0 Å². The van der Waals surface area contributed by atoms with E-state index in [1.807, 2.05) is 12.3 Å². The molecular weight excluding hydrogens is 204 g/mol. The minimum atomic E-state index is 0.317. The second-order valence-corrected chi connectivity index (χ2v) is 3.90. The van der Waals surface area contributed by atoms with Crippen molar-refractivity contribution in [3.8, 4) is 0 Å². The molecule has 84 valence electrons. The molecule has 0 amide bonds. The lowest BCUT2D eigenvalue weighted by molar-refractivity contribution is 0.588. The average Bonchev–Trinajstić information content (AvgIpc) is 2.69. The van der Waals surface area contributed by atoms with E-state index >= 15 is 0 Å². The van der Waals surface area contributed by atoms with Crippen molar-refractivity contribution in [2.75, 3.05) is 36.8 Å². The van der Waals surface area contributed by atoms with Crippen LogP contribution in [0, 0.1) is 0 Å². The predicted octanol–water partition coefficient (Wildman–Crippen LogP) is -0.279. The van der Waals surface area contributed by atoms with Gasteiger partial charge < -0.3 is 16.0 Å². The van der Waals surface area contributed by atoms with Gasteiger partial charge in [0.05, 0.1) is 11.9 Å². The quantitative estimate of drug-likeness (QED) is 0.689. The predicted molar refractivity (Wildman–Crippen MR) is 62.5 cm³/mol. The third kappa shape index (κ3) is 1.57. The molecular formula is C10H14N6. The molecule has 3 N–H and O–H groups in total. The van der Waals surface area contributed by atoms with Crippen molar-refractivity contribution >= 4 is 17.3 Å². The van der Waals surface area contributed by atoms with Crippen molar-refractivity contribution in [2.45, 2.75) is 0 Å². The number of hydrogen-bond donors (Lipinski definition) is 2. The number of anilines is 2. The molecule has 6 heteroatoms. The highest BCUT2D eigenvalue weighted by molar-refractivity contribution is 5.52. The molecule has 3 heterocycles. The largest absolute Gasteiger partial charge is 0.368 e. The lowest BCUT2D eigenvalue weighted by Gasteiger charge is -2.29. The van der Waals surface area contributed by atoms with Crippen molar-refractivity contribution in [1.29, 1.82) is 0 Å². The number of nitrogens with zero attached hydrogens (tertiary/aromatic N) is 4. The second-order valence-electron chi connectivity index (χ2n) is 3.90. The van der Waals surface area contributed by atoms with Crippen LogP contribution in [0.2, 0.25) is 0 Å². The van der Waals surface area contributed by atoms with Crippen LogP contribution in [0.25, 0.3) is 5.65 Å². The lowest BCUT2D eigenvalue weighted by atomic mass is 10.3. The molecule has 0 radical (unpaired) electrons. The smallest absolute Gasteiger partial charge is 0.240 e. The van der Waals surface area contributed by atoms with Gasteiger partial charge in [0.2, 0.25) is 5.95 Å². The number of nitrogens with two attached hydrogens (primary N) is 1. The van der Waals surface area contributed by atoms with Gasteiger partial charge in [-0.1, -0.05) is 0 Å². The molecule has 1 fully saturated rings. The Morgan fingerprint density at radius 3 is 2.88 bits per heavy atom. The monoisotopic (exact) mass is 218 g/mol. The summed E-state index contributed by atoms with van der Waals surface area (Å²) in [6.45, 7) is 4.10. The highest BCUT2D eigenvalue weighted by Gasteiger charge is 2.11. The SMILES string of the molecule is Nc1nc2ccc(N3CCNCC3)cn2n1. The van der Waals surface area contributed by atoms with E-state index in [9.17, 15) is 0 Å². The van der Waals surface area contributed by atoms with Crippen LogP contribution in [0.5, 0.6) is 0 Å². The molecule has 6 nitrogen and oxygen atoms in total. The number of pyridine rings is 1. The van der Waals surface area contributed by atoms with E-state index in [1.54, 1.807) is 4.52 Å². The van der Waals surface area contributed by atoms with Gasteiger partial charge in [-0.2, -0.15) is 4.98 Å². The van der Waals surface area contributed by atoms with Crippen LogP contribution in [0.15, 0.2) is 18.3 Å². The summed E-state index contributed by atoms with van der Waals surface area (Å²) in [5.74, 6) is 0.317. The van der Waals surface area contributed by atoms with Crippen molar-refractivity contribution in [3.05, 3.63) is 18.3 Å². The Labute approximate surface area is 93.1 Å². The molecule has 0 aliphatic carbocycles. The van der Waals surface area contributed by atoms with Gasteiger partial charge in [0.15, 0.2) is 5.65 Å². The maximum Gasteiger partial charge on any atom is 0.240 e. The third-order valence-corrected chi connectivity index (χ3v) is 2.81. The lowest BCUT2D eigenvalue weighted by Crippen LogP contribution is -2.43. The summed E-state index contributed by atoms with van der Waals surface area (Å²) in [7, 11) is 0. The molecule has 1 aliphatic heterocycles. The van der Waals surface area contributed by atoms with Gasteiger partial charge in [-0.05, 0) is 12.1 Å². The summed E-state index contributed by atoms with van der Waals surface area (Å²) >= 11 is 0. The number of nitrogens with one attached hydrogen (secondary N) is 1. The molecule has 0 spiro atoms. The molecule has 1 aliphatic rings. The number of hydrogen-bond acceptors (Lipinski definition) is 5. The fourth-order valence-corrected chi connectivity index (χ4v) is 2.00. The zero-order valence-electron chi connectivity index (χ0n) is 8.93. The molecule has 0 aromatic carbocycles. The summed E-state index contributed by atoms with van der Waals surface area (Å²) in [5.41, 5.74) is 7.51. The summed E-state index contributed by atoms with van der Waals surface area (Å²) < 4.78 is 1.73. The minimum Gasteiger partial charge on any atom is -0.368 e. The van der Waals surface area contributed by atoms with E-state index < -0.39 is 0 Å². The first-order valence-corrected chi connectivity index (χ1v) is 5.40. The maximum absolute atomic E-state index is 5.55. The Morgan fingerprint density at radius 2 is 2.06 bits per heavy atom. The van der Waals surface area contributed by atoms with Crippen LogP contribution in [-0.4, -0.2) is 40.8 Å². The van der Waals surface area contributed by atoms with Gasteiger partial charge >= 0.3 is 0 Å². The fraction of sp³-hybridized carbons (Fsp3) is 0.400. The summed E-state index contributed by atoms with van der Waals surface area (Å²) in [4.78, 5) is 6.43. The Balaban J connectivity index is 1.97. The van der Waals surface area contributed by atoms with Gasteiger partial charge in [-0.15, -0.1) is 5.10 Å².